The average molecular weight is 612 g/mol. The van der Waals surface area contributed by atoms with Gasteiger partial charge in [-0.1, -0.05) is 45.4 Å². The summed E-state index contributed by atoms with van der Waals surface area (Å²) in [4.78, 5) is 21.3. The molecule has 1 N–H and O–H groups in total. The minimum atomic E-state index is -0.138. The number of hydrogen-bond donors (Lipinski definition) is 1. The largest absolute Gasteiger partial charge is 0.323 e. The third-order valence-corrected chi connectivity index (χ3v) is 6.93. The first kappa shape index (κ1) is 21.5. The Labute approximate surface area is 202 Å². The molecule has 2 aromatic heterocycles. The van der Waals surface area contributed by atoms with Crippen LogP contribution in [-0.2, 0) is 4.79 Å². The Hall–Kier alpha value is -1.75. The molecule has 0 bridgehead atoms. The van der Waals surface area contributed by atoms with Crippen LogP contribution < -0.4 is 5.32 Å². The molecule has 0 saturated carbocycles. The second-order valence-corrected chi connectivity index (χ2v) is 9.98. The van der Waals surface area contributed by atoms with Crippen LogP contribution in [0.15, 0.2) is 67.4 Å². The Bertz CT molecular complexity index is 1220. The molecule has 6 nitrogen and oxygen atoms in total. The van der Waals surface area contributed by atoms with E-state index in [4.69, 9.17) is 0 Å². The van der Waals surface area contributed by atoms with Crippen LogP contribution in [0.25, 0.3) is 16.7 Å². The first-order valence-electron chi connectivity index (χ1n) is 8.75. The Morgan fingerprint density at radius 1 is 1.10 bits per heavy atom. The van der Waals surface area contributed by atoms with Crippen LogP contribution in [0.3, 0.4) is 0 Å². The van der Waals surface area contributed by atoms with Crippen LogP contribution in [0.5, 0.6) is 0 Å². The number of halogens is 3. The number of carbonyl (C=O) groups excluding carboxylic acids is 1. The van der Waals surface area contributed by atoms with Gasteiger partial charge in [0.15, 0.2) is 5.65 Å². The molecule has 0 saturated heterocycles. The molecular weight excluding hydrogens is 598 g/mol. The molecule has 0 spiro atoms. The SMILES string of the molecule is Cc1ccc(-n2ncc3c(SCC(=O)Nc4c(Br)cc(Br)cc4Br)ncnc32)cc1. The van der Waals surface area contributed by atoms with Gasteiger partial charge in [0.25, 0.3) is 0 Å². The van der Waals surface area contributed by atoms with Crippen molar-refractivity contribution in [1.82, 2.24) is 19.7 Å². The summed E-state index contributed by atoms with van der Waals surface area (Å²) >= 11 is 11.7. The number of aromatic nitrogens is 4. The van der Waals surface area contributed by atoms with Crippen molar-refractivity contribution in [3.05, 3.63) is 67.9 Å². The van der Waals surface area contributed by atoms with E-state index in [1.807, 2.05) is 43.3 Å². The number of thioether (sulfide) groups is 1. The predicted molar refractivity (Wildman–Crippen MR) is 130 cm³/mol. The first-order chi connectivity index (χ1) is 14.4. The molecule has 0 aliphatic rings. The normalized spacial score (nSPS) is 11.1. The van der Waals surface area contributed by atoms with Gasteiger partial charge in [-0.25, -0.2) is 14.6 Å². The number of fused-ring (bicyclic) bond motifs is 1. The Morgan fingerprint density at radius 2 is 1.80 bits per heavy atom. The highest BCUT2D eigenvalue weighted by atomic mass is 79.9. The van der Waals surface area contributed by atoms with Crippen molar-refractivity contribution in [3.63, 3.8) is 0 Å². The number of aryl methyl sites for hydroxylation is 1. The van der Waals surface area contributed by atoms with Crippen LogP contribution in [0, 0.1) is 6.92 Å². The fourth-order valence-electron chi connectivity index (χ4n) is 2.78. The van der Waals surface area contributed by atoms with Crippen LogP contribution in [0.1, 0.15) is 5.56 Å². The third-order valence-electron chi connectivity index (χ3n) is 4.22. The minimum Gasteiger partial charge on any atom is -0.323 e. The molecule has 0 aliphatic heterocycles. The van der Waals surface area contributed by atoms with Gasteiger partial charge < -0.3 is 5.32 Å². The summed E-state index contributed by atoms with van der Waals surface area (Å²) in [6.07, 6.45) is 3.23. The van der Waals surface area contributed by atoms with E-state index in [0.717, 1.165) is 24.5 Å². The van der Waals surface area contributed by atoms with Gasteiger partial charge in [0.05, 0.1) is 28.7 Å². The van der Waals surface area contributed by atoms with Gasteiger partial charge in [-0.3, -0.25) is 4.79 Å². The van der Waals surface area contributed by atoms with Crippen LogP contribution in [-0.4, -0.2) is 31.4 Å². The summed E-state index contributed by atoms with van der Waals surface area (Å²) in [6.45, 7) is 2.04. The molecule has 0 unspecified atom stereocenters. The number of nitrogens with one attached hydrogen (secondary N) is 1. The van der Waals surface area contributed by atoms with Crippen molar-refractivity contribution < 1.29 is 4.79 Å². The van der Waals surface area contributed by atoms with Gasteiger partial charge in [0, 0.05) is 13.4 Å². The lowest BCUT2D eigenvalue weighted by Gasteiger charge is -2.10. The quantitative estimate of drug-likeness (QED) is 0.217. The van der Waals surface area contributed by atoms with E-state index in [9.17, 15) is 4.79 Å². The Balaban J connectivity index is 1.52. The third kappa shape index (κ3) is 4.61. The van der Waals surface area contributed by atoms with Crippen LogP contribution in [0.2, 0.25) is 0 Å². The highest BCUT2D eigenvalue weighted by Gasteiger charge is 2.15. The van der Waals surface area contributed by atoms with Gasteiger partial charge in [-0.05, 0) is 63.0 Å². The molecule has 2 aromatic carbocycles. The van der Waals surface area contributed by atoms with Crippen molar-refractivity contribution in [2.24, 2.45) is 0 Å². The van der Waals surface area contributed by atoms with Gasteiger partial charge in [-0.2, -0.15) is 5.10 Å². The standard InChI is InChI=1S/C20H14Br3N5OS/c1-11-2-4-13(5-3-11)28-19-14(8-26-28)20(25-10-24-19)30-9-17(29)27-18-15(22)6-12(21)7-16(18)23/h2-8,10H,9H2,1H3,(H,27,29). The van der Waals surface area contributed by atoms with E-state index in [2.05, 4.69) is 68.2 Å². The molecule has 0 aliphatic carbocycles. The second kappa shape index (κ2) is 9.17. The van der Waals surface area contributed by atoms with E-state index in [0.29, 0.717) is 16.4 Å². The lowest BCUT2D eigenvalue weighted by molar-refractivity contribution is -0.113. The van der Waals surface area contributed by atoms with E-state index in [1.54, 1.807) is 10.9 Å². The van der Waals surface area contributed by atoms with Crippen LogP contribution >= 0.6 is 59.6 Å². The summed E-state index contributed by atoms with van der Waals surface area (Å²) in [5.41, 5.74) is 3.49. The van der Waals surface area contributed by atoms with E-state index >= 15 is 0 Å². The molecule has 30 heavy (non-hydrogen) atoms. The number of benzene rings is 2. The zero-order chi connectivity index (χ0) is 21.3. The predicted octanol–water partition coefficient (Wildman–Crippen LogP) is 6.14. The number of carbonyl (C=O) groups is 1. The Kier molecular flexibility index (Phi) is 6.57. The molecule has 0 atom stereocenters. The van der Waals surface area contributed by atoms with Crippen molar-refractivity contribution in [2.45, 2.75) is 11.9 Å². The molecule has 10 heteroatoms. The molecule has 2 heterocycles. The zero-order valence-electron chi connectivity index (χ0n) is 15.6. The summed E-state index contributed by atoms with van der Waals surface area (Å²) in [5.74, 6) is 0.0675. The van der Waals surface area contributed by atoms with Gasteiger partial charge >= 0.3 is 0 Å². The zero-order valence-corrected chi connectivity index (χ0v) is 21.1. The summed E-state index contributed by atoms with van der Waals surface area (Å²) in [7, 11) is 0. The molecule has 0 fully saturated rings. The van der Waals surface area contributed by atoms with Crippen molar-refractivity contribution in [3.8, 4) is 5.69 Å². The fourth-order valence-corrected chi connectivity index (χ4v) is 6.00. The number of nitrogens with zero attached hydrogens (tertiary/aromatic N) is 4. The number of rotatable bonds is 5. The summed E-state index contributed by atoms with van der Waals surface area (Å²) < 4.78 is 4.25. The first-order valence-corrected chi connectivity index (χ1v) is 12.1. The van der Waals surface area contributed by atoms with Crippen molar-refractivity contribution >= 4 is 82.2 Å². The number of hydrogen-bond acceptors (Lipinski definition) is 5. The highest BCUT2D eigenvalue weighted by Crippen LogP contribution is 2.34. The molecule has 4 rings (SSSR count). The molecule has 4 aromatic rings. The van der Waals surface area contributed by atoms with E-state index in [-0.39, 0.29) is 11.7 Å². The lowest BCUT2D eigenvalue weighted by Crippen LogP contribution is -2.15. The smallest absolute Gasteiger partial charge is 0.234 e. The second-order valence-electron chi connectivity index (χ2n) is 6.39. The van der Waals surface area contributed by atoms with Gasteiger partial charge in [0.2, 0.25) is 5.91 Å². The molecular formula is C20H14Br3N5OS. The maximum absolute atomic E-state index is 12.5. The Morgan fingerprint density at radius 3 is 2.50 bits per heavy atom. The molecule has 1 amide bonds. The maximum atomic E-state index is 12.5. The monoisotopic (exact) mass is 609 g/mol. The minimum absolute atomic E-state index is 0.138. The van der Waals surface area contributed by atoms with E-state index < -0.39 is 0 Å². The number of anilines is 1. The molecule has 0 radical (unpaired) electrons. The lowest BCUT2D eigenvalue weighted by atomic mass is 10.2. The topological polar surface area (TPSA) is 72.7 Å². The van der Waals surface area contributed by atoms with Gasteiger partial charge in [-0.15, -0.1) is 0 Å². The summed E-state index contributed by atoms with van der Waals surface area (Å²) in [5, 5.41) is 8.91. The number of amides is 1. The summed E-state index contributed by atoms with van der Waals surface area (Å²) in [6, 6.07) is 11.8. The van der Waals surface area contributed by atoms with Crippen molar-refractivity contribution in [2.75, 3.05) is 11.1 Å². The van der Waals surface area contributed by atoms with Crippen LogP contribution in [0.4, 0.5) is 5.69 Å². The highest BCUT2D eigenvalue weighted by molar-refractivity contribution is 9.11. The van der Waals surface area contributed by atoms with Gasteiger partial charge in [0.1, 0.15) is 11.4 Å². The molecule has 152 valence electrons. The average Bonchev–Trinajstić information content (AvgIpc) is 3.14. The maximum Gasteiger partial charge on any atom is 0.234 e. The fraction of sp³-hybridized carbons (Fsp3) is 0.100. The van der Waals surface area contributed by atoms with Crippen molar-refractivity contribution in [1.29, 1.82) is 0 Å². The van der Waals surface area contributed by atoms with E-state index in [1.165, 1.54) is 23.7 Å².